The van der Waals surface area contributed by atoms with Gasteiger partial charge in [-0.1, -0.05) is 52.3 Å². The highest BCUT2D eigenvalue weighted by atomic mass is 19.3. The van der Waals surface area contributed by atoms with Crippen molar-refractivity contribution in [1.82, 2.24) is 0 Å². The molecule has 0 spiro atoms. The summed E-state index contributed by atoms with van der Waals surface area (Å²) < 4.78 is 26.8. The van der Waals surface area contributed by atoms with Gasteiger partial charge in [0.1, 0.15) is 0 Å². The van der Waals surface area contributed by atoms with Crippen molar-refractivity contribution < 1.29 is 8.78 Å². The minimum Gasteiger partial charge on any atom is -0.205 e. The van der Waals surface area contributed by atoms with Crippen molar-refractivity contribution in [3.05, 3.63) is 34.9 Å². The molecular formula is C17H28F2. The van der Waals surface area contributed by atoms with Gasteiger partial charge in [0.25, 0.3) is 6.43 Å². The second-order valence-electron chi connectivity index (χ2n) is 4.97. The van der Waals surface area contributed by atoms with Crippen LogP contribution in [0.4, 0.5) is 8.78 Å². The third-order valence-corrected chi connectivity index (χ3v) is 3.36. The lowest BCUT2D eigenvalue weighted by molar-refractivity contribution is 0.174. The number of allylic oxidation sites excluding steroid dienone is 6. The van der Waals surface area contributed by atoms with E-state index in [-0.39, 0.29) is 11.5 Å². The largest absolute Gasteiger partial charge is 0.261 e. The molecule has 0 saturated heterocycles. The molecule has 110 valence electrons. The monoisotopic (exact) mass is 270 g/mol. The molecular weight excluding hydrogens is 242 g/mol. The smallest absolute Gasteiger partial charge is 0.205 e. The van der Waals surface area contributed by atoms with Gasteiger partial charge in [0.05, 0.1) is 0 Å². The Morgan fingerprint density at radius 1 is 1.16 bits per heavy atom. The normalized spacial score (nSPS) is 16.1. The molecule has 0 fully saturated rings. The molecule has 1 unspecified atom stereocenters. The molecule has 19 heavy (non-hydrogen) atoms. The standard InChI is InChI=1S/C17H28F2/c1-6-9-10-12-15(14(5)11-7-2)16(17(18)19)13(4)8-3/h10-13,17H,6-9H2,1-5H3/b12-10-,14-11+,16-15+. The predicted octanol–water partition coefficient (Wildman–Crippen LogP) is 6.31. The fraction of sp³-hybridized carbons (Fsp3) is 0.647. The van der Waals surface area contributed by atoms with E-state index in [1.165, 1.54) is 0 Å². The Balaban J connectivity index is 5.65. The highest BCUT2D eigenvalue weighted by molar-refractivity contribution is 5.44. The van der Waals surface area contributed by atoms with Crippen molar-refractivity contribution >= 4 is 0 Å². The van der Waals surface area contributed by atoms with Crippen LogP contribution in [0.3, 0.4) is 0 Å². The van der Waals surface area contributed by atoms with Gasteiger partial charge in [0.2, 0.25) is 0 Å². The summed E-state index contributed by atoms with van der Waals surface area (Å²) in [7, 11) is 0. The van der Waals surface area contributed by atoms with Crippen molar-refractivity contribution in [3.63, 3.8) is 0 Å². The Hall–Kier alpha value is -0.920. The summed E-state index contributed by atoms with van der Waals surface area (Å²) in [4.78, 5) is 0. The first-order valence-electron chi connectivity index (χ1n) is 7.35. The van der Waals surface area contributed by atoms with Crippen LogP contribution in [-0.2, 0) is 0 Å². The van der Waals surface area contributed by atoms with Gasteiger partial charge in [0, 0.05) is 5.57 Å². The van der Waals surface area contributed by atoms with Crippen LogP contribution < -0.4 is 0 Å². The molecule has 2 heteroatoms. The van der Waals surface area contributed by atoms with E-state index in [4.69, 9.17) is 0 Å². The molecule has 0 aliphatic carbocycles. The van der Waals surface area contributed by atoms with E-state index in [1.807, 2.05) is 45.9 Å². The maximum atomic E-state index is 13.4. The minimum atomic E-state index is -2.38. The maximum Gasteiger partial charge on any atom is 0.261 e. The zero-order valence-electron chi connectivity index (χ0n) is 13.0. The summed E-state index contributed by atoms with van der Waals surface area (Å²) in [5.74, 6) is -0.0820. The highest BCUT2D eigenvalue weighted by Crippen LogP contribution is 2.30. The lowest BCUT2D eigenvalue weighted by Crippen LogP contribution is -2.10. The molecule has 0 nitrogen and oxygen atoms in total. The van der Waals surface area contributed by atoms with Gasteiger partial charge in [-0.25, -0.2) is 8.78 Å². The van der Waals surface area contributed by atoms with Crippen LogP contribution in [0, 0.1) is 5.92 Å². The van der Waals surface area contributed by atoms with Crippen molar-refractivity contribution in [2.45, 2.75) is 66.7 Å². The van der Waals surface area contributed by atoms with E-state index in [9.17, 15) is 8.78 Å². The number of unbranched alkanes of at least 4 members (excludes halogenated alkanes) is 1. The first-order chi connectivity index (χ1) is 8.99. The molecule has 0 bridgehead atoms. The lowest BCUT2D eigenvalue weighted by Gasteiger charge is -2.18. The molecule has 0 aliphatic heterocycles. The van der Waals surface area contributed by atoms with E-state index in [0.29, 0.717) is 0 Å². The molecule has 0 aromatic heterocycles. The van der Waals surface area contributed by atoms with Crippen LogP contribution in [0.25, 0.3) is 0 Å². The second-order valence-corrected chi connectivity index (χ2v) is 4.97. The summed E-state index contributed by atoms with van der Waals surface area (Å²) in [5, 5.41) is 0. The zero-order chi connectivity index (χ0) is 14.8. The predicted molar refractivity (Wildman–Crippen MR) is 80.6 cm³/mol. The van der Waals surface area contributed by atoms with Crippen molar-refractivity contribution in [3.8, 4) is 0 Å². The lowest BCUT2D eigenvalue weighted by atomic mass is 9.89. The summed E-state index contributed by atoms with van der Waals surface area (Å²) in [5.41, 5.74) is 1.99. The molecule has 1 atom stereocenters. The molecule has 0 aromatic carbocycles. The van der Waals surface area contributed by atoms with Crippen molar-refractivity contribution in [2.75, 3.05) is 0 Å². The summed E-state index contributed by atoms with van der Waals surface area (Å²) in [6, 6.07) is 0. The first-order valence-corrected chi connectivity index (χ1v) is 7.35. The van der Waals surface area contributed by atoms with E-state index >= 15 is 0 Å². The Morgan fingerprint density at radius 2 is 1.79 bits per heavy atom. The summed E-state index contributed by atoms with van der Waals surface area (Å²) >= 11 is 0. The Bertz CT molecular complexity index is 335. The number of hydrogen-bond acceptors (Lipinski definition) is 0. The SMILES string of the molecule is CC/C=C(C)/C(/C=C\CCC)=C(/C(F)F)C(C)CC. The Morgan fingerprint density at radius 3 is 2.21 bits per heavy atom. The fourth-order valence-electron chi connectivity index (χ4n) is 2.06. The quantitative estimate of drug-likeness (QED) is 0.453. The van der Waals surface area contributed by atoms with E-state index in [1.54, 1.807) is 0 Å². The number of alkyl halides is 2. The van der Waals surface area contributed by atoms with Crippen LogP contribution in [0.2, 0.25) is 0 Å². The summed E-state index contributed by atoms with van der Waals surface area (Å²) in [6.45, 7) is 9.89. The third-order valence-electron chi connectivity index (χ3n) is 3.36. The summed E-state index contributed by atoms with van der Waals surface area (Å²) in [6.07, 6.45) is 7.12. The molecule has 0 rings (SSSR count). The zero-order valence-corrected chi connectivity index (χ0v) is 13.0. The van der Waals surface area contributed by atoms with Crippen LogP contribution in [0.5, 0.6) is 0 Å². The Labute approximate surface area is 117 Å². The fourth-order valence-corrected chi connectivity index (χ4v) is 2.06. The van der Waals surface area contributed by atoms with Crippen LogP contribution >= 0.6 is 0 Å². The van der Waals surface area contributed by atoms with Gasteiger partial charge >= 0.3 is 0 Å². The third kappa shape index (κ3) is 6.17. The molecule has 0 amide bonds. The van der Waals surface area contributed by atoms with E-state index in [2.05, 4.69) is 6.92 Å². The van der Waals surface area contributed by atoms with Crippen LogP contribution in [-0.4, -0.2) is 6.43 Å². The van der Waals surface area contributed by atoms with Gasteiger partial charge in [-0.2, -0.15) is 0 Å². The van der Waals surface area contributed by atoms with Gasteiger partial charge in [-0.05, 0) is 43.3 Å². The molecule has 0 N–H and O–H groups in total. The topological polar surface area (TPSA) is 0 Å². The van der Waals surface area contributed by atoms with Gasteiger partial charge < -0.3 is 0 Å². The van der Waals surface area contributed by atoms with Crippen LogP contribution in [0.15, 0.2) is 34.9 Å². The number of rotatable bonds is 8. The minimum absolute atomic E-state index is 0.0820. The first kappa shape index (κ1) is 18.1. The average Bonchev–Trinajstić information content (AvgIpc) is 2.37. The second kappa shape index (κ2) is 9.94. The van der Waals surface area contributed by atoms with Gasteiger partial charge in [-0.3, -0.25) is 0 Å². The number of hydrogen-bond donors (Lipinski definition) is 0. The highest BCUT2D eigenvalue weighted by Gasteiger charge is 2.21. The number of halogens is 2. The molecule has 0 heterocycles. The molecule has 0 aliphatic rings. The van der Waals surface area contributed by atoms with Gasteiger partial charge in [-0.15, -0.1) is 0 Å². The van der Waals surface area contributed by atoms with Crippen molar-refractivity contribution in [1.29, 1.82) is 0 Å². The van der Waals surface area contributed by atoms with E-state index in [0.717, 1.165) is 36.8 Å². The van der Waals surface area contributed by atoms with E-state index < -0.39 is 6.43 Å². The maximum absolute atomic E-state index is 13.4. The Kier molecular flexibility index (Phi) is 9.46. The molecule has 0 radical (unpaired) electrons. The van der Waals surface area contributed by atoms with Gasteiger partial charge in [0.15, 0.2) is 0 Å². The van der Waals surface area contributed by atoms with Crippen LogP contribution in [0.1, 0.15) is 60.3 Å². The molecule has 0 aromatic rings. The molecule has 0 saturated carbocycles. The van der Waals surface area contributed by atoms with Crippen molar-refractivity contribution in [2.24, 2.45) is 5.92 Å². The average molecular weight is 270 g/mol.